The molecule has 2 aromatic rings. The summed E-state index contributed by atoms with van der Waals surface area (Å²) in [4.78, 5) is 32.1. The van der Waals surface area contributed by atoms with Crippen LogP contribution in [0, 0.1) is 5.92 Å². The van der Waals surface area contributed by atoms with E-state index in [9.17, 15) is 9.59 Å². The Kier molecular flexibility index (Phi) is 6.06. The molecule has 0 spiro atoms. The average molecular weight is 412 g/mol. The van der Waals surface area contributed by atoms with Gasteiger partial charge in [-0.3, -0.25) is 4.79 Å². The number of amides is 1. The van der Waals surface area contributed by atoms with E-state index in [0.717, 1.165) is 48.4 Å². The number of nitrogens with zero attached hydrogens (tertiary/aromatic N) is 3. The minimum absolute atomic E-state index is 0.00501. The van der Waals surface area contributed by atoms with Crippen molar-refractivity contribution >= 4 is 11.9 Å². The van der Waals surface area contributed by atoms with Gasteiger partial charge in [-0.2, -0.15) is 0 Å². The summed E-state index contributed by atoms with van der Waals surface area (Å²) in [6.45, 7) is 1.04. The summed E-state index contributed by atoms with van der Waals surface area (Å²) in [7, 11) is 3.03. The third-order valence-corrected chi connectivity index (χ3v) is 6.34. The van der Waals surface area contributed by atoms with E-state index in [-0.39, 0.29) is 17.8 Å². The lowest BCUT2D eigenvalue weighted by Gasteiger charge is -2.37. The molecule has 1 atom stereocenters. The third-order valence-electron chi connectivity index (χ3n) is 6.34. The minimum Gasteiger partial charge on any atom is -0.497 e. The van der Waals surface area contributed by atoms with E-state index < -0.39 is 6.04 Å². The Morgan fingerprint density at radius 2 is 1.83 bits per heavy atom. The molecule has 7 heteroatoms. The molecule has 2 aliphatic rings. The number of ether oxygens (including phenoxy) is 2. The average Bonchev–Trinajstić information content (AvgIpc) is 3.20. The quantitative estimate of drug-likeness (QED) is 0.708. The van der Waals surface area contributed by atoms with Crippen molar-refractivity contribution in [3.8, 4) is 5.75 Å². The van der Waals surface area contributed by atoms with Crippen LogP contribution < -0.4 is 4.74 Å². The Morgan fingerprint density at radius 3 is 2.50 bits per heavy atom. The van der Waals surface area contributed by atoms with E-state index in [2.05, 4.69) is 9.55 Å². The largest absolute Gasteiger partial charge is 0.497 e. The molecule has 0 bridgehead atoms. The highest BCUT2D eigenvalue weighted by molar-refractivity contribution is 5.86. The lowest BCUT2D eigenvalue weighted by molar-refractivity contribution is -0.156. The van der Waals surface area contributed by atoms with Crippen LogP contribution in [0.3, 0.4) is 0 Å². The van der Waals surface area contributed by atoms with Crippen LogP contribution in [0.4, 0.5) is 0 Å². The second-order valence-electron chi connectivity index (χ2n) is 8.16. The van der Waals surface area contributed by atoms with Crippen LogP contribution in [0.5, 0.6) is 5.75 Å². The molecule has 0 unspecified atom stereocenters. The van der Waals surface area contributed by atoms with Crippen molar-refractivity contribution in [2.75, 3.05) is 14.2 Å². The maximum Gasteiger partial charge on any atom is 0.329 e. The first kappa shape index (κ1) is 20.4. The van der Waals surface area contributed by atoms with Crippen molar-refractivity contribution in [3.63, 3.8) is 0 Å². The number of fused-ring (bicyclic) bond motifs is 1. The fourth-order valence-corrected chi connectivity index (χ4v) is 4.59. The van der Waals surface area contributed by atoms with Gasteiger partial charge < -0.3 is 18.9 Å². The Hall–Kier alpha value is -2.83. The number of methoxy groups -OCH3 is 2. The van der Waals surface area contributed by atoms with Gasteiger partial charge in [0.05, 0.1) is 38.5 Å². The summed E-state index contributed by atoms with van der Waals surface area (Å²) in [5, 5.41) is 0. The standard InChI is InChI=1S/C23H29N3O4/c1-29-18-10-8-16(9-11-18)13-25-15-24-19-12-20(23(28)30-2)26(14-21(19)25)22(27)17-6-4-3-5-7-17/h8-11,15,17,20H,3-7,12-14H2,1-2H3/t20-/m0/s1. The van der Waals surface area contributed by atoms with Gasteiger partial charge in [-0.25, -0.2) is 9.78 Å². The fraction of sp³-hybridized carbons (Fsp3) is 0.522. The summed E-state index contributed by atoms with van der Waals surface area (Å²) >= 11 is 0. The molecule has 0 N–H and O–H groups in total. The smallest absolute Gasteiger partial charge is 0.329 e. The number of esters is 1. The number of hydrogen-bond acceptors (Lipinski definition) is 5. The van der Waals surface area contributed by atoms with Crippen LogP contribution >= 0.6 is 0 Å². The number of rotatable bonds is 5. The molecule has 0 saturated heterocycles. The molecule has 1 aromatic carbocycles. The van der Waals surface area contributed by atoms with Gasteiger partial charge in [0.15, 0.2) is 0 Å². The number of aromatic nitrogens is 2. The summed E-state index contributed by atoms with van der Waals surface area (Å²) < 4.78 is 12.3. The summed E-state index contributed by atoms with van der Waals surface area (Å²) in [6.07, 6.45) is 7.35. The van der Waals surface area contributed by atoms with Gasteiger partial charge in [0.2, 0.25) is 5.91 Å². The van der Waals surface area contributed by atoms with Crippen LogP contribution in [0.1, 0.15) is 49.1 Å². The Labute approximate surface area is 177 Å². The highest BCUT2D eigenvalue weighted by atomic mass is 16.5. The first-order valence-electron chi connectivity index (χ1n) is 10.6. The molecule has 4 rings (SSSR count). The zero-order chi connectivity index (χ0) is 21.1. The normalized spacial score (nSPS) is 19.3. The van der Waals surface area contributed by atoms with E-state index in [1.165, 1.54) is 13.5 Å². The number of benzene rings is 1. The second kappa shape index (κ2) is 8.90. The lowest BCUT2D eigenvalue weighted by Crippen LogP contribution is -2.51. The first-order valence-corrected chi connectivity index (χ1v) is 10.6. The van der Waals surface area contributed by atoms with Crippen LogP contribution in [-0.2, 0) is 33.8 Å². The first-order chi connectivity index (χ1) is 14.6. The molecular formula is C23H29N3O4. The monoisotopic (exact) mass is 411 g/mol. The van der Waals surface area contributed by atoms with Crippen molar-refractivity contribution in [1.29, 1.82) is 0 Å². The Bertz CT molecular complexity index is 900. The van der Waals surface area contributed by atoms with Gasteiger partial charge in [0, 0.05) is 18.9 Å². The maximum atomic E-state index is 13.3. The highest BCUT2D eigenvalue weighted by Crippen LogP contribution is 2.30. The van der Waals surface area contributed by atoms with Gasteiger partial charge in [-0.15, -0.1) is 0 Å². The molecule has 30 heavy (non-hydrogen) atoms. The summed E-state index contributed by atoms with van der Waals surface area (Å²) in [5.41, 5.74) is 2.98. The molecule has 1 fully saturated rings. The number of carbonyl (C=O) groups is 2. The van der Waals surface area contributed by atoms with Gasteiger partial charge in [-0.1, -0.05) is 31.4 Å². The maximum absolute atomic E-state index is 13.3. The Balaban J connectivity index is 1.58. The predicted molar refractivity (Wildman–Crippen MR) is 111 cm³/mol. The van der Waals surface area contributed by atoms with Crippen molar-refractivity contribution in [2.45, 2.75) is 57.7 Å². The van der Waals surface area contributed by atoms with Crippen molar-refractivity contribution < 1.29 is 19.1 Å². The number of imidazole rings is 1. The third kappa shape index (κ3) is 4.06. The zero-order valence-electron chi connectivity index (χ0n) is 17.7. The van der Waals surface area contributed by atoms with Crippen LogP contribution in [-0.4, -0.2) is 46.6 Å². The van der Waals surface area contributed by atoms with E-state index in [4.69, 9.17) is 9.47 Å². The predicted octanol–water partition coefficient (Wildman–Crippen LogP) is 2.95. The van der Waals surface area contributed by atoms with Gasteiger partial charge >= 0.3 is 5.97 Å². The van der Waals surface area contributed by atoms with E-state index in [1.807, 2.05) is 24.3 Å². The second-order valence-corrected chi connectivity index (χ2v) is 8.16. The lowest BCUT2D eigenvalue weighted by atomic mass is 9.87. The van der Waals surface area contributed by atoms with Crippen molar-refractivity contribution in [2.24, 2.45) is 5.92 Å². The molecule has 1 saturated carbocycles. The van der Waals surface area contributed by atoms with Crippen LogP contribution in [0.15, 0.2) is 30.6 Å². The van der Waals surface area contributed by atoms with Crippen molar-refractivity contribution in [3.05, 3.63) is 47.5 Å². The molecule has 1 aliphatic carbocycles. The van der Waals surface area contributed by atoms with E-state index in [0.29, 0.717) is 19.5 Å². The van der Waals surface area contributed by atoms with E-state index >= 15 is 0 Å². The molecule has 7 nitrogen and oxygen atoms in total. The van der Waals surface area contributed by atoms with Gasteiger partial charge in [-0.05, 0) is 30.5 Å². The number of hydrogen-bond donors (Lipinski definition) is 0. The minimum atomic E-state index is -0.596. The van der Waals surface area contributed by atoms with Crippen LogP contribution in [0.25, 0.3) is 0 Å². The zero-order valence-corrected chi connectivity index (χ0v) is 17.7. The van der Waals surface area contributed by atoms with Gasteiger partial charge in [0.1, 0.15) is 11.8 Å². The highest BCUT2D eigenvalue weighted by Gasteiger charge is 2.40. The molecule has 0 radical (unpaired) electrons. The topological polar surface area (TPSA) is 73.7 Å². The number of carbonyl (C=O) groups excluding carboxylic acids is 2. The molecule has 1 aliphatic heterocycles. The molecule has 1 amide bonds. The summed E-state index contributed by atoms with van der Waals surface area (Å²) in [6, 6.07) is 7.32. The molecule has 1 aromatic heterocycles. The summed E-state index contributed by atoms with van der Waals surface area (Å²) in [5.74, 6) is 0.532. The van der Waals surface area contributed by atoms with E-state index in [1.54, 1.807) is 18.3 Å². The van der Waals surface area contributed by atoms with Crippen LogP contribution in [0.2, 0.25) is 0 Å². The molecular weight excluding hydrogens is 382 g/mol. The Morgan fingerprint density at radius 1 is 1.10 bits per heavy atom. The SMILES string of the molecule is COC(=O)[C@@H]1Cc2ncn(Cc3ccc(OC)cc3)c2CN1C(=O)C1CCCCC1. The molecule has 2 heterocycles. The van der Waals surface area contributed by atoms with Crippen molar-refractivity contribution in [1.82, 2.24) is 14.5 Å². The molecule has 160 valence electrons. The van der Waals surface area contributed by atoms with Gasteiger partial charge in [0.25, 0.3) is 0 Å². The fourth-order valence-electron chi connectivity index (χ4n) is 4.59.